The number of methoxy groups -OCH3 is 1. The highest BCUT2D eigenvalue weighted by Crippen LogP contribution is 2.42. The third-order valence-electron chi connectivity index (χ3n) is 7.12. The number of amides is 1. The van der Waals surface area contributed by atoms with Gasteiger partial charge in [0.1, 0.15) is 29.1 Å². The number of oxazole rings is 1. The number of aromatic nitrogens is 3. The van der Waals surface area contributed by atoms with Gasteiger partial charge in [-0.05, 0) is 44.0 Å². The molecule has 0 bridgehead atoms. The number of H-pyrrole nitrogens is 1. The van der Waals surface area contributed by atoms with Gasteiger partial charge in [0.2, 0.25) is 5.95 Å². The average molecular weight is 546 g/mol. The standard InChI is InChI=1S/C27H24FN7O5/c1-14-25(36)35(18-3-4-21(38-2)15(9-18)12-29)20-13-30-26(33-24(20)34(14)17-5-7-39-8-6-17)31-16-10-19(28)23-22(11-16)40-27(37)32-23/h3-4,9-11,13-14,17H,5-8H2,1-2H3,(H,32,37)(H,30,31,33)/t14-/m1/s1. The molecule has 4 aromatic rings. The van der Waals surface area contributed by atoms with Crippen molar-refractivity contribution in [3.05, 3.63) is 58.5 Å². The molecular weight excluding hydrogens is 521 g/mol. The summed E-state index contributed by atoms with van der Waals surface area (Å²) in [6.07, 6.45) is 2.93. The number of nitrogens with zero attached hydrogens (tertiary/aromatic N) is 5. The molecule has 204 valence electrons. The molecule has 0 saturated carbocycles. The predicted molar refractivity (Wildman–Crippen MR) is 143 cm³/mol. The van der Waals surface area contributed by atoms with Crippen LogP contribution in [0.4, 0.5) is 33.2 Å². The van der Waals surface area contributed by atoms with E-state index in [0.717, 1.165) is 0 Å². The Balaban J connectivity index is 1.45. The Morgan fingerprint density at radius 2 is 2.02 bits per heavy atom. The van der Waals surface area contributed by atoms with Crippen LogP contribution >= 0.6 is 0 Å². The van der Waals surface area contributed by atoms with Crippen molar-refractivity contribution in [2.75, 3.05) is 35.4 Å². The first-order valence-corrected chi connectivity index (χ1v) is 12.6. The Morgan fingerprint density at radius 1 is 1.23 bits per heavy atom. The normalized spacial score (nSPS) is 17.6. The maximum absolute atomic E-state index is 14.6. The van der Waals surface area contributed by atoms with E-state index in [1.807, 2.05) is 11.8 Å². The minimum absolute atomic E-state index is 0.00943. The number of halogens is 1. The summed E-state index contributed by atoms with van der Waals surface area (Å²) in [7, 11) is 1.47. The van der Waals surface area contributed by atoms with Crippen LogP contribution in [0.3, 0.4) is 0 Å². The lowest BCUT2D eigenvalue weighted by Crippen LogP contribution is -2.56. The number of nitriles is 1. The van der Waals surface area contributed by atoms with Crippen LogP contribution in [0.15, 0.2) is 45.7 Å². The van der Waals surface area contributed by atoms with Crippen molar-refractivity contribution in [3.8, 4) is 11.8 Å². The van der Waals surface area contributed by atoms with Crippen LogP contribution in [-0.2, 0) is 9.53 Å². The van der Waals surface area contributed by atoms with Crippen LogP contribution in [0.2, 0.25) is 0 Å². The smallest absolute Gasteiger partial charge is 0.417 e. The second kappa shape index (κ2) is 9.97. The summed E-state index contributed by atoms with van der Waals surface area (Å²) < 4.78 is 30.4. The van der Waals surface area contributed by atoms with Crippen LogP contribution in [0.25, 0.3) is 11.1 Å². The fraction of sp³-hybridized carbons (Fsp3) is 0.296. The third-order valence-corrected chi connectivity index (χ3v) is 7.12. The molecule has 13 heteroatoms. The van der Waals surface area contributed by atoms with E-state index >= 15 is 0 Å². The molecule has 0 aliphatic carbocycles. The largest absolute Gasteiger partial charge is 0.495 e. The van der Waals surface area contributed by atoms with Crippen molar-refractivity contribution in [1.82, 2.24) is 15.0 Å². The molecule has 12 nitrogen and oxygen atoms in total. The number of fused-ring (bicyclic) bond motifs is 2. The quantitative estimate of drug-likeness (QED) is 0.380. The first kappa shape index (κ1) is 25.3. The van der Waals surface area contributed by atoms with Gasteiger partial charge in [-0.1, -0.05) is 0 Å². The number of rotatable bonds is 5. The molecule has 1 fully saturated rings. The second-order valence-corrected chi connectivity index (χ2v) is 9.47. The molecule has 2 aromatic carbocycles. The molecule has 4 heterocycles. The minimum Gasteiger partial charge on any atom is -0.495 e. The number of carbonyl (C=O) groups is 1. The summed E-state index contributed by atoms with van der Waals surface area (Å²) in [6.45, 7) is 2.93. The summed E-state index contributed by atoms with van der Waals surface area (Å²) in [5, 5.41) is 12.6. The molecule has 1 saturated heterocycles. The first-order chi connectivity index (χ1) is 19.4. The van der Waals surface area contributed by atoms with Gasteiger partial charge < -0.3 is 24.1 Å². The highest BCUT2D eigenvalue weighted by Gasteiger charge is 2.41. The molecule has 0 spiro atoms. The van der Waals surface area contributed by atoms with Crippen LogP contribution in [0.1, 0.15) is 25.3 Å². The topological polar surface area (TPSA) is 150 Å². The molecule has 2 aromatic heterocycles. The van der Waals surface area contributed by atoms with Crippen LogP contribution < -0.4 is 25.6 Å². The Hall–Kier alpha value is -4.96. The van der Waals surface area contributed by atoms with E-state index in [4.69, 9.17) is 18.9 Å². The molecule has 2 N–H and O–H groups in total. The molecule has 0 unspecified atom stereocenters. The number of benzene rings is 2. The summed E-state index contributed by atoms with van der Waals surface area (Å²) in [5.74, 6) is -0.591. The molecular formula is C27H24FN7O5. The number of aromatic amines is 1. The van der Waals surface area contributed by atoms with Gasteiger partial charge in [0.25, 0.3) is 5.91 Å². The molecule has 40 heavy (non-hydrogen) atoms. The Labute approximate surface area is 226 Å². The fourth-order valence-electron chi connectivity index (χ4n) is 5.24. The van der Waals surface area contributed by atoms with E-state index in [1.54, 1.807) is 18.2 Å². The minimum atomic E-state index is -0.764. The van der Waals surface area contributed by atoms with Crippen LogP contribution in [0.5, 0.6) is 5.75 Å². The maximum atomic E-state index is 14.6. The molecule has 2 aliphatic rings. The summed E-state index contributed by atoms with van der Waals surface area (Å²) in [5.41, 5.74) is 1.48. The summed E-state index contributed by atoms with van der Waals surface area (Å²) in [4.78, 5) is 40.3. The number of carbonyl (C=O) groups excluding carboxylic acids is 1. The van der Waals surface area contributed by atoms with E-state index in [1.165, 1.54) is 30.3 Å². The van der Waals surface area contributed by atoms with E-state index in [9.17, 15) is 19.2 Å². The Bertz CT molecular complexity index is 1720. The van der Waals surface area contributed by atoms with E-state index in [2.05, 4.69) is 21.4 Å². The Kier molecular flexibility index (Phi) is 6.31. The highest BCUT2D eigenvalue weighted by molar-refractivity contribution is 6.10. The molecule has 1 amide bonds. The maximum Gasteiger partial charge on any atom is 0.417 e. The van der Waals surface area contributed by atoms with Gasteiger partial charge in [0, 0.05) is 31.0 Å². The van der Waals surface area contributed by atoms with Gasteiger partial charge in [-0.25, -0.2) is 14.2 Å². The predicted octanol–water partition coefficient (Wildman–Crippen LogP) is 3.73. The van der Waals surface area contributed by atoms with Crippen LogP contribution in [-0.4, -0.2) is 53.3 Å². The zero-order chi connectivity index (χ0) is 28.0. The van der Waals surface area contributed by atoms with Crippen molar-refractivity contribution in [2.24, 2.45) is 0 Å². The SMILES string of the molecule is COc1ccc(N2C(=O)[C@@H](C)N(C3CCOCC3)c3nc(Nc4cc(F)c5[nH]c(=O)oc5c4)ncc32)cc1C#N. The van der Waals surface area contributed by atoms with E-state index < -0.39 is 17.6 Å². The lowest BCUT2D eigenvalue weighted by molar-refractivity contribution is -0.119. The lowest BCUT2D eigenvalue weighted by Gasteiger charge is -2.45. The lowest BCUT2D eigenvalue weighted by atomic mass is 10.0. The molecule has 1 atom stereocenters. The van der Waals surface area contributed by atoms with Gasteiger partial charge in [-0.15, -0.1) is 0 Å². The van der Waals surface area contributed by atoms with Gasteiger partial charge in [0.05, 0.1) is 24.6 Å². The summed E-state index contributed by atoms with van der Waals surface area (Å²) in [6, 6.07) is 9.10. The highest BCUT2D eigenvalue weighted by atomic mass is 19.1. The monoisotopic (exact) mass is 545 g/mol. The number of ether oxygens (including phenoxy) is 2. The van der Waals surface area contributed by atoms with Crippen LogP contribution in [0, 0.1) is 17.1 Å². The molecule has 6 rings (SSSR count). The molecule has 0 radical (unpaired) electrons. The van der Waals surface area contributed by atoms with Crippen molar-refractivity contribution in [3.63, 3.8) is 0 Å². The average Bonchev–Trinajstić information content (AvgIpc) is 3.35. The number of nitrogens with one attached hydrogen (secondary N) is 2. The number of hydrogen-bond donors (Lipinski definition) is 2. The second-order valence-electron chi connectivity index (χ2n) is 9.47. The van der Waals surface area contributed by atoms with Gasteiger partial charge in [0.15, 0.2) is 17.2 Å². The van der Waals surface area contributed by atoms with Crippen molar-refractivity contribution >= 4 is 45.8 Å². The fourth-order valence-corrected chi connectivity index (χ4v) is 5.24. The summed E-state index contributed by atoms with van der Waals surface area (Å²) >= 11 is 0. The van der Waals surface area contributed by atoms with Gasteiger partial charge >= 0.3 is 5.76 Å². The number of anilines is 5. The number of hydrogen-bond acceptors (Lipinski definition) is 10. The van der Waals surface area contributed by atoms with Gasteiger partial charge in [-0.2, -0.15) is 10.2 Å². The zero-order valence-corrected chi connectivity index (χ0v) is 21.6. The van der Waals surface area contributed by atoms with Crippen molar-refractivity contribution < 1.29 is 23.1 Å². The van der Waals surface area contributed by atoms with E-state index in [-0.39, 0.29) is 40.2 Å². The van der Waals surface area contributed by atoms with Crippen molar-refractivity contribution in [1.29, 1.82) is 5.26 Å². The molecule has 2 aliphatic heterocycles. The van der Waals surface area contributed by atoms with Gasteiger partial charge in [-0.3, -0.25) is 14.7 Å². The Morgan fingerprint density at radius 3 is 2.77 bits per heavy atom. The van der Waals surface area contributed by atoms with E-state index in [0.29, 0.717) is 49.0 Å². The van der Waals surface area contributed by atoms with Crippen molar-refractivity contribution in [2.45, 2.75) is 31.8 Å². The third kappa shape index (κ3) is 4.28. The zero-order valence-electron chi connectivity index (χ0n) is 21.6. The first-order valence-electron chi connectivity index (χ1n) is 12.6.